The number of anilines is 1. The number of carboxylic acid groups (broad SMARTS) is 1. The molecule has 0 aliphatic heterocycles. The van der Waals surface area contributed by atoms with Crippen LogP contribution >= 0.6 is 0 Å². The molecule has 0 saturated carbocycles. The molecule has 8 heteroatoms. The lowest BCUT2D eigenvalue weighted by molar-refractivity contribution is -0.385. The van der Waals surface area contributed by atoms with Crippen LogP contribution in [0.4, 0.5) is 15.9 Å². The number of rotatable bonds is 4. The lowest BCUT2D eigenvalue weighted by Crippen LogP contribution is -2.26. The molecule has 1 heterocycles. The van der Waals surface area contributed by atoms with Crippen LogP contribution in [0.25, 0.3) is 0 Å². The summed E-state index contributed by atoms with van der Waals surface area (Å²) in [6.45, 7) is 1.30. The third kappa shape index (κ3) is 2.62. The van der Waals surface area contributed by atoms with E-state index in [4.69, 9.17) is 5.11 Å². The molecule has 0 aliphatic carbocycles. The van der Waals surface area contributed by atoms with Gasteiger partial charge in [0.1, 0.15) is 12.2 Å². The van der Waals surface area contributed by atoms with Crippen molar-refractivity contribution < 1.29 is 19.2 Å². The molecule has 1 aromatic heterocycles. The van der Waals surface area contributed by atoms with Crippen LogP contribution in [0.1, 0.15) is 6.92 Å². The number of carboxylic acids is 1. The van der Waals surface area contributed by atoms with Crippen LogP contribution in [0, 0.1) is 15.9 Å². The molecular weight excluding hydrogens is 221 g/mol. The van der Waals surface area contributed by atoms with Crippen LogP contribution in [-0.2, 0) is 4.79 Å². The first-order chi connectivity index (χ1) is 7.41. The van der Waals surface area contributed by atoms with Crippen molar-refractivity contribution in [1.29, 1.82) is 0 Å². The maximum absolute atomic E-state index is 13.2. The Morgan fingerprint density at radius 2 is 2.38 bits per heavy atom. The fourth-order valence-electron chi connectivity index (χ4n) is 0.901. The van der Waals surface area contributed by atoms with Gasteiger partial charge in [0.2, 0.25) is 0 Å². The normalized spacial score (nSPS) is 11.9. The van der Waals surface area contributed by atoms with Crippen LogP contribution in [0.5, 0.6) is 0 Å². The summed E-state index contributed by atoms with van der Waals surface area (Å²) in [7, 11) is 0. The Bertz CT molecular complexity index is 437. The lowest BCUT2D eigenvalue weighted by Gasteiger charge is -2.09. The molecule has 0 amide bonds. The first-order valence-electron chi connectivity index (χ1n) is 4.21. The molecule has 1 aromatic rings. The molecule has 0 saturated heterocycles. The first-order valence-corrected chi connectivity index (χ1v) is 4.21. The number of aromatic nitrogens is 1. The minimum atomic E-state index is -1.18. The van der Waals surface area contributed by atoms with Gasteiger partial charge in [-0.3, -0.25) is 14.9 Å². The van der Waals surface area contributed by atoms with E-state index >= 15 is 0 Å². The van der Waals surface area contributed by atoms with Gasteiger partial charge in [-0.15, -0.1) is 0 Å². The number of aliphatic carboxylic acids is 1. The van der Waals surface area contributed by atoms with Gasteiger partial charge in [-0.2, -0.15) is 0 Å². The highest BCUT2D eigenvalue weighted by Crippen LogP contribution is 2.17. The van der Waals surface area contributed by atoms with Gasteiger partial charge in [0, 0.05) is 0 Å². The van der Waals surface area contributed by atoms with Gasteiger partial charge >= 0.3 is 5.97 Å². The predicted octanol–water partition coefficient (Wildman–Crippen LogP) is 1.01. The minimum Gasteiger partial charge on any atom is -0.480 e. The van der Waals surface area contributed by atoms with E-state index in [0.29, 0.717) is 6.07 Å². The number of nitrogens with one attached hydrogen (secondary N) is 1. The van der Waals surface area contributed by atoms with Crippen molar-refractivity contribution in [3.8, 4) is 0 Å². The second-order valence-corrected chi connectivity index (χ2v) is 2.99. The van der Waals surface area contributed by atoms with Crippen molar-refractivity contribution in [3.63, 3.8) is 0 Å². The smallest absolute Gasteiger partial charge is 0.325 e. The fourth-order valence-corrected chi connectivity index (χ4v) is 0.901. The molecule has 0 spiro atoms. The summed E-state index contributed by atoms with van der Waals surface area (Å²) in [4.78, 5) is 23.4. The van der Waals surface area contributed by atoms with E-state index < -0.39 is 28.4 Å². The Balaban J connectivity index is 2.91. The van der Waals surface area contributed by atoms with Gasteiger partial charge in [-0.1, -0.05) is 0 Å². The van der Waals surface area contributed by atoms with E-state index in [-0.39, 0.29) is 5.82 Å². The maximum Gasteiger partial charge on any atom is 0.325 e. The Morgan fingerprint density at radius 3 is 2.81 bits per heavy atom. The highest BCUT2D eigenvalue weighted by atomic mass is 19.1. The topological polar surface area (TPSA) is 105 Å². The summed E-state index contributed by atoms with van der Waals surface area (Å²) in [5.74, 6) is -2.48. The lowest BCUT2D eigenvalue weighted by atomic mass is 10.3. The van der Waals surface area contributed by atoms with Crippen LogP contribution in [0.3, 0.4) is 0 Å². The monoisotopic (exact) mass is 229 g/mol. The van der Waals surface area contributed by atoms with Crippen molar-refractivity contribution in [2.24, 2.45) is 0 Å². The minimum absolute atomic E-state index is 0.333. The van der Waals surface area contributed by atoms with Crippen LogP contribution in [0.15, 0.2) is 12.3 Å². The van der Waals surface area contributed by atoms with Crippen molar-refractivity contribution in [2.75, 3.05) is 5.32 Å². The van der Waals surface area contributed by atoms with Gasteiger partial charge in [0.15, 0.2) is 11.6 Å². The van der Waals surface area contributed by atoms with Crippen LogP contribution < -0.4 is 5.32 Å². The number of nitro groups is 1. The number of pyridine rings is 1. The van der Waals surface area contributed by atoms with E-state index in [0.717, 1.165) is 6.20 Å². The van der Waals surface area contributed by atoms with E-state index in [2.05, 4.69) is 10.3 Å². The molecule has 0 aromatic carbocycles. The van der Waals surface area contributed by atoms with E-state index in [1.165, 1.54) is 6.92 Å². The van der Waals surface area contributed by atoms with Gasteiger partial charge in [-0.05, 0) is 6.92 Å². The van der Waals surface area contributed by atoms with Gasteiger partial charge in [0.05, 0.1) is 11.0 Å². The molecule has 0 aliphatic rings. The molecule has 0 radical (unpaired) electrons. The average Bonchev–Trinajstić information content (AvgIpc) is 2.20. The van der Waals surface area contributed by atoms with Crippen molar-refractivity contribution in [3.05, 3.63) is 28.2 Å². The molecule has 1 rings (SSSR count). The standard InChI is InChI=1S/C8H8FN3O4/c1-4(8(13)14)11-7-6(9)2-5(3-10-7)12(15)16/h2-4H,1H3,(H,10,11)(H,13,14). The van der Waals surface area contributed by atoms with E-state index in [1.54, 1.807) is 0 Å². The highest BCUT2D eigenvalue weighted by molar-refractivity contribution is 5.76. The Kier molecular flexibility index (Phi) is 3.33. The zero-order chi connectivity index (χ0) is 12.3. The molecular formula is C8H8FN3O4. The molecule has 2 N–H and O–H groups in total. The number of hydrogen-bond acceptors (Lipinski definition) is 5. The predicted molar refractivity (Wildman–Crippen MR) is 51.6 cm³/mol. The van der Waals surface area contributed by atoms with Crippen molar-refractivity contribution >= 4 is 17.5 Å². The maximum atomic E-state index is 13.2. The van der Waals surface area contributed by atoms with Crippen molar-refractivity contribution in [2.45, 2.75) is 13.0 Å². The van der Waals surface area contributed by atoms with Gasteiger partial charge in [0.25, 0.3) is 5.69 Å². The van der Waals surface area contributed by atoms with Crippen molar-refractivity contribution in [1.82, 2.24) is 4.98 Å². The second-order valence-electron chi connectivity index (χ2n) is 2.99. The molecule has 86 valence electrons. The Hall–Kier alpha value is -2.25. The van der Waals surface area contributed by atoms with Gasteiger partial charge < -0.3 is 10.4 Å². The summed E-state index contributed by atoms with van der Waals surface area (Å²) >= 11 is 0. The third-order valence-electron chi connectivity index (χ3n) is 1.76. The molecule has 0 fully saturated rings. The number of halogens is 1. The summed E-state index contributed by atoms with van der Waals surface area (Å²) in [6.07, 6.45) is 0.847. The van der Waals surface area contributed by atoms with Crippen LogP contribution in [-0.4, -0.2) is 27.0 Å². The zero-order valence-electron chi connectivity index (χ0n) is 8.18. The highest BCUT2D eigenvalue weighted by Gasteiger charge is 2.16. The second kappa shape index (κ2) is 4.51. The summed E-state index contributed by atoms with van der Waals surface area (Å²) < 4.78 is 13.2. The number of nitrogens with zero attached hydrogens (tertiary/aromatic N) is 2. The van der Waals surface area contributed by atoms with Crippen LogP contribution in [0.2, 0.25) is 0 Å². The summed E-state index contributed by atoms with van der Waals surface area (Å²) in [6, 6.07) is -0.368. The SMILES string of the molecule is CC(Nc1ncc([N+](=O)[O-])cc1F)C(=O)O. The molecule has 7 nitrogen and oxygen atoms in total. The zero-order valence-corrected chi connectivity index (χ0v) is 8.18. The summed E-state index contributed by atoms with van der Waals surface area (Å²) in [5.41, 5.74) is -0.494. The third-order valence-corrected chi connectivity index (χ3v) is 1.76. The molecule has 1 unspecified atom stereocenters. The fraction of sp³-hybridized carbons (Fsp3) is 0.250. The molecule has 1 atom stereocenters. The molecule has 0 bridgehead atoms. The quantitative estimate of drug-likeness (QED) is 0.589. The van der Waals surface area contributed by atoms with E-state index in [9.17, 15) is 19.3 Å². The first kappa shape index (κ1) is 11.8. The Labute approximate surface area is 89.1 Å². The van der Waals surface area contributed by atoms with Gasteiger partial charge in [-0.25, -0.2) is 9.37 Å². The molecule has 16 heavy (non-hydrogen) atoms. The summed E-state index contributed by atoms with van der Waals surface area (Å²) in [5, 5.41) is 21.1. The number of hydrogen-bond donors (Lipinski definition) is 2. The Morgan fingerprint density at radius 1 is 1.75 bits per heavy atom. The van der Waals surface area contributed by atoms with E-state index in [1.807, 2.05) is 0 Å². The largest absolute Gasteiger partial charge is 0.480 e. The average molecular weight is 229 g/mol. The number of carbonyl (C=O) groups is 1.